The van der Waals surface area contributed by atoms with E-state index in [0.717, 1.165) is 34.9 Å². The summed E-state index contributed by atoms with van der Waals surface area (Å²) in [5.41, 5.74) is 0.679. The second-order valence-electron chi connectivity index (χ2n) is 10.6. The second-order valence-corrected chi connectivity index (χ2v) is 13.7. The molecule has 0 saturated heterocycles. The van der Waals surface area contributed by atoms with Crippen LogP contribution in [0.1, 0.15) is 78.6 Å². The van der Waals surface area contributed by atoms with Gasteiger partial charge in [-0.2, -0.15) is 0 Å². The monoisotopic (exact) mass is 400 g/mol. The topological polar surface area (TPSA) is 17.1 Å². The summed E-state index contributed by atoms with van der Waals surface area (Å²) < 4.78 is 14.1. The zero-order chi connectivity index (χ0) is 19.9. The second kappa shape index (κ2) is 7.94. The fourth-order valence-electron chi connectivity index (χ4n) is 8.21. The third kappa shape index (κ3) is 3.25. The molecule has 0 N–H and O–H groups in total. The highest BCUT2D eigenvalue weighted by atomic mass is 31.2. The van der Waals surface area contributed by atoms with Gasteiger partial charge < -0.3 is 4.57 Å². The zero-order valence-corrected chi connectivity index (χ0v) is 19.5. The van der Waals surface area contributed by atoms with Gasteiger partial charge in [-0.25, -0.2) is 0 Å². The number of hydrogen-bond donors (Lipinski definition) is 0. The van der Waals surface area contributed by atoms with Gasteiger partial charge in [-0.05, 0) is 80.2 Å². The molecule has 0 radical (unpaired) electrons. The molecule has 28 heavy (non-hydrogen) atoms. The Morgan fingerprint density at radius 2 is 1.75 bits per heavy atom. The summed E-state index contributed by atoms with van der Waals surface area (Å²) in [7, 11) is -2.34. The highest BCUT2D eigenvalue weighted by molar-refractivity contribution is 7.71. The summed E-state index contributed by atoms with van der Waals surface area (Å²) in [6.45, 7) is 9.42. The molecule has 3 fully saturated rings. The molecule has 1 nitrogen and oxygen atoms in total. The molecule has 0 heterocycles. The Morgan fingerprint density at radius 1 is 1.00 bits per heavy atom. The third-order valence-corrected chi connectivity index (χ3v) is 12.8. The average molecular weight is 401 g/mol. The number of fused-ring (bicyclic) bond motifs is 3. The highest BCUT2D eigenvalue weighted by Gasteiger charge is 2.59. The molecule has 1 aromatic carbocycles. The van der Waals surface area contributed by atoms with Crippen LogP contribution in [0.25, 0.3) is 0 Å². The van der Waals surface area contributed by atoms with Crippen molar-refractivity contribution in [1.82, 2.24) is 0 Å². The molecule has 156 valence electrons. The summed E-state index contributed by atoms with van der Waals surface area (Å²) in [4.78, 5) is 0. The van der Waals surface area contributed by atoms with Gasteiger partial charge in [0.05, 0.1) is 0 Å². The van der Waals surface area contributed by atoms with Crippen LogP contribution in [0.15, 0.2) is 30.3 Å². The Kier molecular flexibility index (Phi) is 5.87. The predicted molar refractivity (Wildman–Crippen MR) is 122 cm³/mol. The lowest BCUT2D eigenvalue weighted by Gasteiger charge is -2.55. The molecule has 8 atom stereocenters. The van der Waals surface area contributed by atoms with Crippen molar-refractivity contribution in [2.75, 3.05) is 6.66 Å². The Bertz CT molecular complexity index is 712. The molecule has 3 aliphatic carbocycles. The molecule has 0 aliphatic heterocycles. The molecule has 0 amide bonds. The number of rotatable bonds is 5. The van der Waals surface area contributed by atoms with E-state index < -0.39 is 7.14 Å². The van der Waals surface area contributed by atoms with Crippen LogP contribution in [0, 0.1) is 35.0 Å². The molecule has 3 saturated carbocycles. The maximum Gasteiger partial charge on any atom is 0.116 e. The van der Waals surface area contributed by atoms with E-state index in [1.54, 1.807) is 0 Å². The minimum Gasteiger partial charge on any atom is -0.319 e. The normalized spacial score (nSPS) is 42.4. The van der Waals surface area contributed by atoms with Gasteiger partial charge in [0.2, 0.25) is 0 Å². The predicted octanol–water partition coefficient (Wildman–Crippen LogP) is 7.35. The van der Waals surface area contributed by atoms with Crippen LogP contribution in [0.5, 0.6) is 0 Å². The van der Waals surface area contributed by atoms with Crippen LogP contribution in [0.4, 0.5) is 0 Å². The smallest absolute Gasteiger partial charge is 0.116 e. The molecule has 0 aromatic heterocycles. The van der Waals surface area contributed by atoms with E-state index in [9.17, 15) is 4.57 Å². The van der Waals surface area contributed by atoms with Crippen LogP contribution in [-0.4, -0.2) is 12.3 Å². The number of hydrogen-bond acceptors (Lipinski definition) is 1. The maximum atomic E-state index is 14.1. The van der Waals surface area contributed by atoms with Crippen molar-refractivity contribution in [3.8, 4) is 0 Å². The molecule has 1 aromatic rings. The summed E-state index contributed by atoms with van der Waals surface area (Å²) in [6, 6.07) is 10.4. The van der Waals surface area contributed by atoms with Crippen molar-refractivity contribution >= 4 is 12.4 Å². The Balaban J connectivity index is 1.61. The SMILES string of the molecule is CCCC1C(CC)CCC2C1CCC1(C)C2CCC1P(C)(=O)c1ccccc1. The van der Waals surface area contributed by atoms with Crippen molar-refractivity contribution in [2.45, 2.75) is 84.2 Å². The van der Waals surface area contributed by atoms with Gasteiger partial charge in [-0.1, -0.05) is 70.4 Å². The average Bonchev–Trinajstić information content (AvgIpc) is 3.07. The van der Waals surface area contributed by atoms with E-state index in [2.05, 4.69) is 51.7 Å². The first-order valence-corrected chi connectivity index (χ1v) is 14.3. The lowest BCUT2D eigenvalue weighted by atomic mass is 9.52. The van der Waals surface area contributed by atoms with Crippen LogP contribution in [0.3, 0.4) is 0 Å². The van der Waals surface area contributed by atoms with Crippen LogP contribution >= 0.6 is 7.14 Å². The first kappa shape index (κ1) is 20.7. The fraction of sp³-hybridized carbons (Fsp3) is 0.769. The lowest BCUT2D eigenvalue weighted by Crippen LogP contribution is -2.48. The van der Waals surface area contributed by atoms with E-state index >= 15 is 0 Å². The molecule has 3 aliphatic rings. The summed E-state index contributed by atoms with van der Waals surface area (Å²) >= 11 is 0. The quantitative estimate of drug-likeness (QED) is 0.472. The van der Waals surface area contributed by atoms with Gasteiger partial charge in [0.25, 0.3) is 0 Å². The molecule has 0 bridgehead atoms. The zero-order valence-electron chi connectivity index (χ0n) is 18.6. The van der Waals surface area contributed by atoms with Gasteiger partial charge in [0, 0.05) is 11.0 Å². The van der Waals surface area contributed by atoms with Crippen molar-refractivity contribution in [2.24, 2.45) is 35.0 Å². The fourth-order valence-corrected chi connectivity index (χ4v) is 11.4. The lowest BCUT2D eigenvalue weighted by molar-refractivity contribution is -0.0396. The van der Waals surface area contributed by atoms with Gasteiger partial charge in [0.1, 0.15) is 7.14 Å². The Hall–Kier alpha value is -0.550. The van der Waals surface area contributed by atoms with Crippen LogP contribution in [-0.2, 0) is 4.57 Å². The maximum absolute atomic E-state index is 14.1. The summed E-state index contributed by atoms with van der Waals surface area (Å²) in [6.07, 6.45) is 12.2. The minimum absolute atomic E-state index is 0.289. The van der Waals surface area contributed by atoms with Crippen molar-refractivity contribution in [3.63, 3.8) is 0 Å². The van der Waals surface area contributed by atoms with Gasteiger partial charge in [-0.3, -0.25) is 0 Å². The molecule has 2 heteroatoms. The number of benzene rings is 1. The van der Waals surface area contributed by atoms with Crippen LogP contribution < -0.4 is 5.30 Å². The van der Waals surface area contributed by atoms with E-state index in [0.29, 0.717) is 5.66 Å². The largest absolute Gasteiger partial charge is 0.319 e. The summed E-state index contributed by atoms with van der Waals surface area (Å²) in [5, 5.41) is 1.11. The van der Waals surface area contributed by atoms with E-state index in [-0.39, 0.29) is 5.41 Å². The Labute approximate surface area is 173 Å². The molecule has 0 spiro atoms. The van der Waals surface area contributed by atoms with Crippen molar-refractivity contribution in [1.29, 1.82) is 0 Å². The van der Waals surface area contributed by atoms with E-state index in [1.165, 1.54) is 57.8 Å². The molecular weight excluding hydrogens is 359 g/mol. The van der Waals surface area contributed by atoms with Gasteiger partial charge in [-0.15, -0.1) is 0 Å². The molecule has 8 unspecified atom stereocenters. The molecular formula is C26H41OP. The highest BCUT2D eigenvalue weighted by Crippen LogP contribution is 2.69. The standard InChI is InChI=1S/C26H41OP/c1-5-10-21-19(6-2)13-14-23-22(21)17-18-26(3)24(23)15-16-25(26)28(4,27)20-11-8-7-9-12-20/h7-9,11-12,19,21-25H,5-6,10,13-18H2,1-4H3. The van der Waals surface area contributed by atoms with Gasteiger partial charge >= 0.3 is 0 Å². The minimum atomic E-state index is -2.34. The van der Waals surface area contributed by atoms with Crippen LogP contribution in [0.2, 0.25) is 0 Å². The van der Waals surface area contributed by atoms with E-state index in [1.807, 2.05) is 6.07 Å². The Morgan fingerprint density at radius 3 is 2.43 bits per heavy atom. The summed E-state index contributed by atoms with van der Waals surface area (Å²) in [5.74, 6) is 4.58. The van der Waals surface area contributed by atoms with Gasteiger partial charge in [0.15, 0.2) is 0 Å². The molecule has 4 rings (SSSR count). The van der Waals surface area contributed by atoms with E-state index in [4.69, 9.17) is 0 Å². The first-order valence-electron chi connectivity index (χ1n) is 12.1. The van der Waals surface area contributed by atoms with Crippen molar-refractivity contribution < 1.29 is 4.57 Å². The first-order chi connectivity index (χ1) is 13.4. The third-order valence-electron chi connectivity index (χ3n) is 9.48. The van der Waals surface area contributed by atoms with Crippen molar-refractivity contribution in [3.05, 3.63) is 30.3 Å².